The topological polar surface area (TPSA) is 118 Å². The highest BCUT2D eigenvalue weighted by Crippen LogP contribution is 2.34. The predicted octanol–water partition coefficient (Wildman–Crippen LogP) is 3.78. The number of aryl methyl sites for hydroxylation is 1. The molecule has 1 atom stereocenters. The maximum absolute atomic E-state index is 13.3. The van der Waals surface area contributed by atoms with Crippen LogP contribution in [-0.2, 0) is 11.3 Å². The second kappa shape index (κ2) is 9.71. The molecule has 3 aromatic heterocycles. The van der Waals surface area contributed by atoms with Gasteiger partial charge in [0.15, 0.2) is 5.58 Å². The molecule has 1 unspecified atom stereocenters. The van der Waals surface area contributed by atoms with Crippen LogP contribution in [0, 0.1) is 0 Å². The first kappa shape index (κ1) is 22.8. The Kier molecular flexibility index (Phi) is 6.33. The molecule has 1 aromatic carbocycles. The lowest BCUT2D eigenvalue weighted by Gasteiger charge is -2.13. The van der Waals surface area contributed by atoms with Crippen molar-refractivity contribution in [1.82, 2.24) is 14.5 Å². The number of furan rings is 1. The van der Waals surface area contributed by atoms with Gasteiger partial charge in [-0.25, -0.2) is 9.78 Å². The third-order valence-electron chi connectivity index (χ3n) is 6.29. The lowest BCUT2D eigenvalue weighted by Crippen LogP contribution is -2.25. The molecule has 180 valence electrons. The molecule has 2 N–H and O–H groups in total. The van der Waals surface area contributed by atoms with E-state index in [1.807, 2.05) is 30.3 Å². The number of aromatic nitrogens is 3. The van der Waals surface area contributed by atoms with Crippen LogP contribution in [0.3, 0.4) is 0 Å². The number of aliphatic imine (C=N–C) groups is 1. The van der Waals surface area contributed by atoms with Crippen LogP contribution >= 0.6 is 0 Å². The van der Waals surface area contributed by atoms with E-state index in [9.17, 15) is 4.79 Å². The SMILES string of the molecule is CN=C/C(=C\N)c1cnc2oc3c(-c4ccc(OC)cc4)nc(=O)n(CCC4CCCO4)c3c2c1. The molecule has 1 fully saturated rings. The Morgan fingerprint density at radius 2 is 2.17 bits per heavy atom. The molecule has 0 spiro atoms. The van der Waals surface area contributed by atoms with E-state index in [0.29, 0.717) is 45.8 Å². The number of pyridine rings is 1. The number of benzene rings is 1. The minimum atomic E-state index is -0.348. The minimum absolute atomic E-state index is 0.137. The van der Waals surface area contributed by atoms with Crippen LogP contribution in [0.25, 0.3) is 39.0 Å². The van der Waals surface area contributed by atoms with E-state index in [2.05, 4.69) is 15.0 Å². The van der Waals surface area contributed by atoms with Gasteiger partial charge in [0.2, 0.25) is 5.71 Å². The molecule has 0 bridgehead atoms. The van der Waals surface area contributed by atoms with Gasteiger partial charge >= 0.3 is 5.69 Å². The highest BCUT2D eigenvalue weighted by atomic mass is 16.5. The van der Waals surface area contributed by atoms with Crippen molar-refractivity contribution in [2.75, 3.05) is 20.8 Å². The van der Waals surface area contributed by atoms with E-state index in [1.165, 1.54) is 6.20 Å². The highest BCUT2D eigenvalue weighted by molar-refractivity contribution is 6.12. The number of methoxy groups -OCH3 is 1. The van der Waals surface area contributed by atoms with Crippen LogP contribution in [0.5, 0.6) is 5.75 Å². The van der Waals surface area contributed by atoms with E-state index >= 15 is 0 Å². The van der Waals surface area contributed by atoms with Crippen molar-refractivity contribution in [3.63, 3.8) is 0 Å². The van der Waals surface area contributed by atoms with Crippen LogP contribution < -0.4 is 16.2 Å². The minimum Gasteiger partial charge on any atom is -0.497 e. The third-order valence-corrected chi connectivity index (χ3v) is 6.29. The molecule has 0 aliphatic carbocycles. The number of allylic oxidation sites excluding steroid dienone is 1. The van der Waals surface area contributed by atoms with Crippen LogP contribution in [0.15, 0.2) is 56.9 Å². The van der Waals surface area contributed by atoms with Gasteiger partial charge in [-0.3, -0.25) is 9.56 Å². The van der Waals surface area contributed by atoms with Crippen molar-refractivity contribution in [3.05, 3.63) is 58.8 Å². The van der Waals surface area contributed by atoms with Crippen molar-refractivity contribution in [2.45, 2.75) is 31.9 Å². The van der Waals surface area contributed by atoms with E-state index in [-0.39, 0.29) is 11.8 Å². The fraction of sp³-hybridized carbons (Fsp3) is 0.308. The summed E-state index contributed by atoms with van der Waals surface area (Å²) in [4.78, 5) is 26.4. The Balaban J connectivity index is 1.73. The van der Waals surface area contributed by atoms with E-state index in [0.717, 1.165) is 37.0 Å². The predicted molar refractivity (Wildman–Crippen MR) is 136 cm³/mol. The summed E-state index contributed by atoms with van der Waals surface area (Å²) in [6, 6.07) is 9.29. The average Bonchev–Trinajstić information content (AvgIpc) is 3.54. The molecule has 4 heterocycles. The molecule has 4 aromatic rings. The number of nitrogens with zero attached hydrogens (tertiary/aromatic N) is 4. The second-order valence-electron chi connectivity index (χ2n) is 8.41. The molecule has 1 aliphatic rings. The quantitative estimate of drug-likeness (QED) is 0.406. The fourth-order valence-electron chi connectivity index (χ4n) is 4.51. The van der Waals surface area contributed by atoms with E-state index in [4.69, 9.17) is 19.6 Å². The Bertz CT molecular complexity index is 1480. The summed E-state index contributed by atoms with van der Waals surface area (Å²) in [6.45, 7) is 1.23. The summed E-state index contributed by atoms with van der Waals surface area (Å²) >= 11 is 0. The molecule has 9 nitrogen and oxygen atoms in total. The standard InChI is InChI=1S/C26H27N5O4/c1-28-14-18(13-27)17-12-21-23-24(35-25(21)29-15-17)22(16-5-7-19(33-2)8-6-16)30-26(32)31(23)10-9-20-4-3-11-34-20/h5-8,12-15,20H,3-4,9-11,27H2,1-2H3/b18-13+,28-14?. The third kappa shape index (κ3) is 4.30. The molecular weight excluding hydrogens is 446 g/mol. The molecule has 0 radical (unpaired) electrons. The second-order valence-corrected chi connectivity index (χ2v) is 8.41. The summed E-state index contributed by atoms with van der Waals surface area (Å²) in [7, 11) is 3.29. The van der Waals surface area contributed by atoms with Gasteiger partial charge in [0.25, 0.3) is 0 Å². The van der Waals surface area contributed by atoms with Crippen LogP contribution in [0.1, 0.15) is 24.8 Å². The van der Waals surface area contributed by atoms with Gasteiger partial charge in [-0.1, -0.05) is 0 Å². The zero-order valence-electron chi connectivity index (χ0n) is 19.7. The van der Waals surface area contributed by atoms with Crippen molar-refractivity contribution >= 4 is 34.0 Å². The zero-order chi connectivity index (χ0) is 24.4. The monoisotopic (exact) mass is 473 g/mol. The number of hydrogen-bond donors (Lipinski definition) is 1. The molecule has 9 heteroatoms. The molecule has 5 rings (SSSR count). The summed E-state index contributed by atoms with van der Waals surface area (Å²) in [5, 5.41) is 0.711. The summed E-state index contributed by atoms with van der Waals surface area (Å²) in [5.74, 6) is 0.713. The van der Waals surface area contributed by atoms with E-state index < -0.39 is 0 Å². The van der Waals surface area contributed by atoms with E-state index in [1.54, 1.807) is 31.1 Å². The lowest BCUT2D eigenvalue weighted by molar-refractivity contribution is 0.100. The number of fused-ring (bicyclic) bond motifs is 3. The first-order chi connectivity index (χ1) is 17.1. The van der Waals surface area contributed by atoms with Crippen molar-refractivity contribution in [1.29, 1.82) is 0 Å². The number of nitrogens with two attached hydrogens (primary N) is 1. The molecule has 35 heavy (non-hydrogen) atoms. The number of rotatable bonds is 7. The average molecular weight is 474 g/mol. The van der Waals surface area contributed by atoms with Crippen LogP contribution in [-0.4, -0.2) is 47.6 Å². The molecule has 1 aliphatic heterocycles. The normalized spacial score (nSPS) is 16.6. The molecular formula is C26H27N5O4. The largest absolute Gasteiger partial charge is 0.497 e. The van der Waals surface area contributed by atoms with Crippen molar-refractivity contribution < 1.29 is 13.9 Å². The summed E-state index contributed by atoms with van der Waals surface area (Å²) in [6.07, 6.45) is 7.72. The Morgan fingerprint density at radius 1 is 1.34 bits per heavy atom. The number of ether oxygens (including phenoxy) is 2. The zero-order valence-corrected chi connectivity index (χ0v) is 19.7. The molecule has 1 saturated heterocycles. The molecule has 0 saturated carbocycles. The molecule has 0 amide bonds. The smallest absolute Gasteiger partial charge is 0.348 e. The van der Waals surface area contributed by atoms with Gasteiger partial charge in [-0.2, -0.15) is 4.98 Å². The highest BCUT2D eigenvalue weighted by Gasteiger charge is 2.22. The van der Waals surface area contributed by atoms with Gasteiger partial charge in [-0.05, 0) is 49.6 Å². The first-order valence-corrected chi connectivity index (χ1v) is 11.6. The number of hydrogen-bond acceptors (Lipinski definition) is 8. The first-order valence-electron chi connectivity index (χ1n) is 11.6. The summed E-state index contributed by atoms with van der Waals surface area (Å²) < 4.78 is 18.9. The van der Waals surface area contributed by atoms with Gasteiger partial charge < -0.3 is 19.6 Å². The summed E-state index contributed by atoms with van der Waals surface area (Å²) in [5.41, 5.74) is 9.76. The maximum atomic E-state index is 13.3. The Morgan fingerprint density at radius 3 is 2.86 bits per heavy atom. The maximum Gasteiger partial charge on any atom is 0.348 e. The Labute approximate surface area is 201 Å². The van der Waals surface area contributed by atoms with Gasteiger partial charge in [-0.15, -0.1) is 0 Å². The van der Waals surface area contributed by atoms with Gasteiger partial charge in [0.1, 0.15) is 17.0 Å². The van der Waals surface area contributed by atoms with Gasteiger partial charge in [0.05, 0.1) is 18.6 Å². The van der Waals surface area contributed by atoms with Crippen molar-refractivity contribution in [3.8, 4) is 17.0 Å². The van der Waals surface area contributed by atoms with Crippen LogP contribution in [0.4, 0.5) is 0 Å². The van der Waals surface area contributed by atoms with Gasteiger partial charge in [0, 0.05) is 55.5 Å². The Hall–Kier alpha value is -3.98. The van der Waals surface area contributed by atoms with Crippen LogP contribution in [0.2, 0.25) is 0 Å². The lowest BCUT2D eigenvalue weighted by atomic mass is 10.1. The fourth-order valence-corrected chi connectivity index (χ4v) is 4.51. The van der Waals surface area contributed by atoms with Crippen molar-refractivity contribution in [2.24, 2.45) is 10.7 Å².